The Morgan fingerprint density at radius 2 is 1.89 bits per heavy atom. The lowest BCUT2D eigenvalue weighted by atomic mass is 10.1. The highest BCUT2D eigenvalue weighted by Gasteiger charge is 2.16. The zero-order valence-corrected chi connectivity index (χ0v) is 12.4. The van der Waals surface area contributed by atoms with Crippen molar-refractivity contribution in [1.29, 1.82) is 0 Å². The fourth-order valence-corrected chi connectivity index (χ4v) is 3.03. The summed E-state index contributed by atoms with van der Waals surface area (Å²) in [5, 5.41) is 12.2. The molecule has 0 saturated carbocycles. The first-order valence-corrected chi connectivity index (χ1v) is 6.97. The van der Waals surface area contributed by atoms with Crippen LogP contribution in [0.25, 0.3) is 0 Å². The van der Waals surface area contributed by atoms with Gasteiger partial charge in [0.15, 0.2) is 0 Å². The summed E-state index contributed by atoms with van der Waals surface area (Å²) < 4.78 is 11.1. The van der Waals surface area contributed by atoms with E-state index in [1.165, 1.54) is 11.3 Å². The molecule has 0 amide bonds. The van der Waals surface area contributed by atoms with Crippen LogP contribution in [0.15, 0.2) is 34.1 Å². The van der Waals surface area contributed by atoms with Gasteiger partial charge in [-0.1, -0.05) is 22.0 Å². The van der Waals surface area contributed by atoms with Gasteiger partial charge in [0, 0.05) is 20.3 Å². The average molecular weight is 329 g/mol. The second-order valence-electron chi connectivity index (χ2n) is 3.68. The molecular weight excluding hydrogens is 316 g/mol. The molecule has 0 fully saturated rings. The first-order valence-electron chi connectivity index (χ1n) is 5.29. The normalized spacial score (nSPS) is 12.2. The SMILES string of the molecule is COc1csc(C(O)c2ccc(OC)cc2Br)c1. The van der Waals surface area contributed by atoms with Crippen LogP contribution in [0, 0.1) is 0 Å². The van der Waals surface area contributed by atoms with Crippen LogP contribution < -0.4 is 9.47 Å². The van der Waals surface area contributed by atoms with Gasteiger partial charge < -0.3 is 14.6 Å². The number of methoxy groups -OCH3 is 2. The number of hydrogen-bond acceptors (Lipinski definition) is 4. The highest BCUT2D eigenvalue weighted by molar-refractivity contribution is 9.10. The molecule has 2 aromatic rings. The summed E-state index contributed by atoms with van der Waals surface area (Å²) >= 11 is 4.91. The minimum absolute atomic E-state index is 0.667. The molecule has 3 nitrogen and oxygen atoms in total. The maximum absolute atomic E-state index is 10.3. The number of rotatable bonds is 4. The summed E-state index contributed by atoms with van der Waals surface area (Å²) in [4.78, 5) is 0.845. The predicted octanol–water partition coefficient (Wildman–Crippen LogP) is 3.61. The second kappa shape index (κ2) is 5.73. The molecule has 1 N–H and O–H groups in total. The fraction of sp³-hybridized carbons (Fsp3) is 0.231. The molecule has 96 valence electrons. The maximum atomic E-state index is 10.3. The summed E-state index contributed by atoms with van der Waals surface area (Å²) in [6, 6.07) is 7.35. The van der Waals surface area contributed by atoms with E-state index < -0.39 is 6.10 Å². The summed E-state index contributed by atoms with van der Waals surface area (Å²) in [5.74, 6) is 1.51. The smallest absolute Gasteiger partial charge is 0.129 e. The van der Waals surface area contributed by atoms with E-state index in [2.05, 4.69) is 15.9 Å². The number of aliphatic hydroxyl groups is 1. The van der Waals surface area contributed by atoms with Gasteiger partial charge >= 0.3 is 0 Å². The van der Waals surface area contributed by atoms with Crippen LogP contribution in [0.4, 0.5) is 0 Å². The third-order valence-corrected chi connectivity index (χ3v) is 4.25. The number of halogens is 1. The van der Waals surface area contributed by atoms with Gasteiger partial charge in [-0.05, 0) is 18.2 Å². The molecule has 1 atom stereocenters. The van der Waals surface area contributed by atoms with Crippen molar-refractivity contribution in [3.63, 3.8) is 0 Å². The van der Waals surface area contributed by atoms with Gasteiger partial charge in [0.05, 0.1) is 14.2 Å². The Kier molecular flexibility index (Phi) is 4.27. The lowest BCUT2D eigenvalue weighted by Crippen LogP contribution is -1.98. The highest BCUT2D eigenvalue weighted by Crippen LogP contribution is 2.35. The van der Waals surface area contributed by atoms with E-state index in [1.54, 1.807) is 14.2 Å². The van der Waals surface area contributed by atoms with Crippen molar-refractivity contribution in [3.05, 3.63) is 44.6 Å². The quantitative estimate of drug-likeness (QED) is 0.931. The van der Waals surface area contributed by atoms with E-state index in [9.17, 15) is 5.11 Å². The molecule has 0 radical (unpaired) electrons. The number of ether oxygens (including phenoxy) is 2. The van der Waals surface area contributed by atoms with Crippen LogP contribution in [0.3, 0.4) is 0 Å². The molecule has 5 heteroatoms. The monoisotopic (exact) mass is 328 g/mol. The predicted molar refractivity (Wildman–Crippen MR) is 75.6 cm³/mol. The number of hydrogen-bond donors (Lipinski definition) is 1. The summed E-state index contributed by atoms with van der Waals surface area (Å²) in [6.07, 6.45) is -0.667. The van der Waals surface area contributed by atoms with E-state index in [1.807, 2.05) is 29.6 Å². The van der Waals surface area contributed by atoms with E-state index >= 15 is 0 Å². The van der Waals surface area contributed by atoms with E-state index in [4.69, 9.17) is 9.47 Å². The molecule has 1 heterocycles. The van der Waals surface area contributed by atoms with Crippen LogP contribution in [0.5, 0.6) is 11.5 Å². The first kappa shape index (κ1) is 13.4. The molecule has 1 aromatic heterocycles. The molecule has 1 unspecified atom stereocenters. The molecule has 18 heavy (non-hydrogen) atoms. The summed E-state index contributed by atoms with van der Waals surface area (Å²) in [7, 11) is 3.23. The number of aliphatic hydroxyl groups excluding tert-OH is 1. The van der Waals surface area contributed by atoms with Crippen molar-refractivity contribution in [2.45, 2.75) is 6.10 Å². The highest BCUT2D eigenvalue weighted by atomic mass is 79.9. The Balaban J connectivity index is 2.30. The molecule has 0 aliphatic rings. The van der Waals surface area contributed by atoms with Crippen LogP contribution >= 0.6 is 27.3 Å². The van der Waals surface area contributed by atoms with Crippen LogP contribution in [0.1, 0.15) is 16.5 Å². The molecule has 0 saturated heterocycles. The van der Waals surface area contributed by atoms with Gasteiger partial charge in [-0.3, -0.25) is 0 Å². The first-order chi connectivity index (χ1) is 8.65. The Bertz CT molecular complexity index is 539. The van der Waals surface area contributed by atoms with Gasteiger partial charge in [-0.2, -0.15) is 0 Å². The van der Waals surface area contributed by atoms with Crippen molar-refractivity contribution in [2.75, 3.05) is 14.2 Å². The second-order valence-corrected chi connectivity index (χ2v) is 5.48. The van der Waals surface area contributed by atoms with Crippen molar-refractivity contribution >= 4 is 27.3 Å². The fourth-order valence-electron chi connectivity index (χ4n) is 1.59. The topological polar surface area (TPSA) is 38.7 Å². The van der Waals surface area contributed by atoms with Gasteiger partial charge in [0.2, 0.25) is 0 Å². The van der Waals surface area contributed by atoms with Gasteiger partial charge in [0.1, 0.15) is 17.6 Å². The Morgan fingerprint density at radius 1 is 1.17 bits per heavy atom. The molecule has 0 spiro atoms. The van der Waals surface area contributed by atoms with Crippen LogP contribution in [0.2, 0.25) is 0 Å². The molecule has 1 aromatic carbocycles. The molecular formula is C13H13BrO3S. The minimum atomic E-state index is -0.667. The molecule has 0 aliphatic carbocycles. The zero-order valence-electron chi connectivity index (χ0n) is 10.0. The Hall–Kier alpha value is -1.04. The van der Waals surface area contributed by atoms with E-state index in [0.717, 1.165) is 26.4 Å². The summed E-state index contributed by atoms with van der Waals surface area (Å²) in [6.45, 7) is 0. The van der Waals surface area contributed by atoms with Crippen molar-refractivity contribution in [1.82, 2.24) is 0 Å². The van der Waals surface area contributed by atoms with E-state index in [-0.39, 0.29) is 0 Å². The number of thiophene rings is 1. The number of benzene rings is 1. The van der Waals surface area contributed by atoms with E-state index in [0.29, 0.717) is 0 Å². The summed E-state index contributed by atoms with van der Waals surface area (Å²) in [5.41, 5.74) is 0.806. The zero-order chi connectivity index (χ0) is 13.1. The molecule has 2 rings (SSSR count). The third-order valence-electron chi connectivity index (χ3n) is 2.60. The van der Waals surface area contributed by atoms with Crippen molar-refractivity contribution in [3.8, 4) is 11.5 Å². The Morgan fingerprint density at radius 3 is 2.44 bits per heavy atom. The van der Waals surface area contributed by atoms with Crippen LogP contribution in [-0.2, 0) is 0 Å². The van der Waals surface area contributed by atoms with Crippen molar-refractivity contribution in [2.24, 2.45) is 0 Å². The van der Waals surface area contributed by atoms with Gasteiger partial charge in [-0.15, -0.1) is 11.3 Å². The molecule has 0 bridgehead atoms. The largest absolute Gasteiger partial charge is 0.497 e. The average Bonchev–Trinajstić information content (AvgIpc) is 2.86. The van der Waals surface area contributed by atoms with Crippen molar-refractivity contribution < 1.29 is 14.6 Å². The Labute approximate surface area is 118 Å². The lowest BCUT2D eigenvalue weighted by Gasteiger charge is -2.12. The lowest BCUT2D eigenvalue weighted by molar-refractivity contribution is 0.223. The van der Waals surface area contributed by atoms with Gasteiger partial charge in [0.25, 0.3) is 0 Å². The van der Waals surface area contributed by atoms with Gasteiger partial charge in [-0.25, -0.2) is 0 Å². The minimum Gasteiger partial charge on any atom is -0.497 e. The maximum Gasteiger partial charge on any atom is 0.129 e. The molecule has 0 aliphatic heterocycles. The third kappa shape index (κ3) is 2.68. The standard InChI is InChI=1S/C13H13BrO3S/c1-16-8-3-4-10(11(14)5-8)13(15)12-6-9(17-2)7-18-12/h3-7,13,15H,1-2H3. The van der Waals surface area contributed by atoms with Crippen LogP contribution in [-0.4, -0.2) is 19.3 Å².